The van der Waals surface area contributed by atoms with E-state index in [4.69, 9.17) is 10.3 Å². The fraction of sp³-hybridized carbons (Fsp3) is 0.130. The van der Waals surface area contributed by atoms with Crippen molar-refractivity contribution in [2.24, 2.45) is 0 Å². The van der Waals surface area contributed by atoms with Gasteiger partial charge in [0.15, 0.2) is 11.4 Å². The van der Waals surface area contributed by atoms with Crippen LogP contribution in [0.15, 0.2) is 65.2 Å². The summed E-state index contributed by atoms with van der Waals surface area (Å²) in [5, 5.41) is 7.34. The van der Waals surface area contributed by atoms with E-state index in [-0.39, 0.29) is 11.8 Å². The second kappa shape index (κ2) is 7.84. The summed E-state index contributed by atoms with van der Waals surface area (Å²) in [6.45, 7) is -2.43. The lowest BCUT2D eigenvalue weighted by atomic mass is 9.99. The van der Waals surface area contributed by atoms with Crippen LogP contribution in [0, 0.1) is 0 Å². The molecule has 0 saturated heterocycles. The van der Waals surface area contributed by atoms with Crippen molar-refractivity contribution in [3.05, 3.63) is 66.2 Å². The SMILES string of the molecule is Nc1noc2cccc(-c3ccc4c(c3)CCN4C(=O)Nc3cccc(OC(F)F)c3)c12. The number of nitrogens with zero attached hydrogens (tertiary/aromatic N) is 2. The Morgan fingerprint density at radius 3 is 2.84 bits per heavy atom. The van der Waals surface area contributed by atoms with Gasteiger partial charge in [-0.15, -0.1) is 0 Å². The third-order valence-corrected chi connectivity index (χ3v) is 5.37. The smallest absolute Gasteiger partial charge is 0.387 e. The number of nitrogen functional groups attached to an aromatic ring is 1. The number of nitrogens with two attached hydrogens (primary N) is 1. The number of ether oxygens (including phenoxy) is 1. The molecule has 0 atom stereocenters. The summed E-state index contributed by atoms with van der Waals surface area (Å²) >= 11 is 0. The van der Waals surface area contributed by atoms with E-state index in [1.54, 1.807) is 11.0 Å². The molecule has 1 aliphatic rings. The first kappa shape index (κ1) is 19.8. The molecule has 4 aromatic rings. The molecule has 2 amide bonds. The topological polar surface area (TPSA) is 93.6 Å². The van der Waals surface area contributed by atoms with Crippen LogP contribution < -0.4 is 20.7 Å². The van der Waals surface area contributed by atoms with Gasteiger partial charge >= 0.3 is 12.6 Å². The number of urea groups is 1. The van der Waals surface area contributed by atoms with Gasteiger partial charge in [-0.05, 0) is 53.4 Å². The molecule has 0 saturated carbocycles. The number of hydrogen-bond acceptors (Lipinski definition) is 5. The van der Waals surface area contributed by atoms with E-state index in [9.17, 15) is 13.6 Å². The number of benzene rings is 3. The van der Waals surface area contributed by atoms with Crippen LogP contribution in [0.3, 0.4) is 0 Å². The van der Waals surface area contributed by atoms with Crippen LogP contribution in [-0.2, 0) is 6.42 Å². The summed E-state index contributed by atoms with van der Waals surface area (Å²) in [6.07, 6.45) is 0.681. The van der Waals surface area contributed by atoms with Crippen molar-refractivity contribution in [1.29, 1.82) is 0 Å². The lowest BCUT2D eigenvalue weighted by molar-refractivity contribution is -0.0498. The van der Waals surface area contributed by atoms with E-state index in [1.807, 2.05) is 36.4 Å². The van der Waals surface area contributed by atoms with Crippen LogP contribution >= 0.6 is 0 Å². The molecule has 32 heavy (non-hydrogen) atoms. The van der Waals surface area contributed by atoms with Crippen LogP contribution in [0.5, 0.6) is 5.75 Å². The van der Waals surface area contributed by atoms with E-state index in [0.717, 1.165) is 27.8 Å². The molecule has 0 bridgehead atoms. The quantitative estimate of drug-likeness (QED) is 0.454. The van der Waals surface area contributed by atoms with Crippen LogP contribution in [0.4, 0.5) is 30.8 Å². The fourth-order valence-electron chi connectivity index (χ4n) is 3.98. The Labute approximate surface area is 181 Å². The third-order valence-electron chi connectivity index (χ3n) is 5.37. The number of amides is 2. The highest BCUT2D eigenvalue weighted by molar-refractivity contribution is 6.04. The summed E-state index contributed by atoms with van der Waals surface area (Å²) in [4.78, 5) is 14.5. The molecule has 0 radical (unpaired) electrons. The molecular weight excluding hydrogens is 418 g/mol. The Bertz CT molecular complexity index is 1320. The lowest BCUT2D eigenvalue weighted by Crippen LogP contribution is -2.33. The maximum Gasteiger partial charge on any atom is 0.387 e. The molecule has 9 heteroatoms. The van der Waals surface area contributed by atoms with Gasteiger partial charge in [0.25, 0.3) is 0 Å². The molecule has 5 rings (SSSR count). The first-order valence-electron chi connectivity index (χ1n) is 9.90. The molecule has 162 valence electrons. The first-order chi connectivity index (χ1) is 15.5. The number of nitrogens with one attached hydrogen (secondary N) is 1. The van der Waals surface area contributed by atoms with Gasteiger partial charge in [0.2, 0.25) is 0 Å². The number of fused-ring (bicyclic) bond motifs is 2. The molecule has 0 unspecified atom stereocenters. The number of aromatic nitrogens is 1. The van der Waals surface area contributed by atoms with Gasteiger partial charge in [-0.25, -0.2) is 4.79 Å². The van der Waals surface area contributed by atoms with E-state index < -0.39 is 6.61 Å². The van der Waals surface area contributed by atoms with Crippen molar-refractivity contribution < 1.29 is 22.8 Å². The normalized spacial score (nSPS) is 12.9. The van der Waals surface area contributed by atoms with Crippen molar-refractivity contribution >= 4 is 34.2 Å². The first-order valence-corrected chi connectivity index (χ1v) is 9.90. The molecule has 7 nitrogen and oxygen atoms in total. The second-order valence-corrected chi connectivity index (χ2v) is 7.33. The highest BCUT2D eigenvalue weighted by atomic mass is 19.3. The molecule has 3 N–H and O–H groups in total. The molecule has 2 heterocycles. The Morgan fingerprint density at radius 1 is 1.16 bits per heavy atom. The molecule has 1 aromatic heterocycles. The van der Waals surface area contributed by atoms with Gasteiger partial charge in [0.1, 0.15) is 5.75 Å². The summed E-state index contributed by atoms with van der Waals surface area (Å²) in [6, 6.07) is 17.0. The number of rotatable bonds is 4. The van der Waals surface area contributed by atoms with Crippen LogP contribution in [-0.4, -0.2) is 24.3 Å². The molecule has 0 aliphatic carbocycles. The van der Waals surface area contributed by atoms with Gasteiger partial charge in [-0.2, -0.15) is 8.78 Å². The second-order valence-electron chi connectivity index (χ2n) is 7.33. The average molecular weight is 436 g/mol. The Morgan fingerprint density at radius 2 is 2.00 bits per heavy atom. The van der Waals surface area contributed by atoms with Crippen molar-refractivity contribution in [1.82, 2.24) is 5.16 Å². The highest BCUT2D eigenvalue weighted by Gasteiger charge is 2.25. The number of hydrogen-bond donors (Lipinski definition) is 2. The number of alkyl halides is 2. The molecule has 3 aromatic carbocycles. The summed E-state index contributed by atoms with van der Waals surface area (Å²) < 4.78 is 34.5. The average Bonchev–Trinajstić information content (AvgIpc) is 3.37. The largest absolute Gasteiger partial charge is 0.435 e. The van der Waals surface area contributed by atoms with E-state index >= 15 is 0 Å². The number of halogens is 2. The van der Waals surface area contributed by atoms with Gasteiger partial charge in [0, 0.05) is 24.0 Å². The Kier molecular flexibility index (Phi) is 4.85. The summed E-state index contributed by atoms with van der Waals surface area (Å²) in [7, 11) is 0. The Balaban J connectivity index is 1.39. The molecular formula is C23H18F2N4O3. The minimum absolute atomic E-state index is 0.0218. The number of carbonyl (C=O) groups excluding carboxylic acids is 1. The van der Waals surface area contributed by atoms with Gasteiger partial charge in [-0.1, -0.05) is 29.4 Å². The molecule has 0 fully saturated rings. The van der Waals surface area contributed by atoms with Crippen molar-refractivity contribution in [3.8, 4) is 16.9 Å². The predicted molar refractivity (Wildman–Crippen MR) is 117 cm³/mol. The van der Waals surface area contributed by atoms with Gasteiger partial charge in [-0.3, -0.25) is 4.90 Å². The zero-order valence-corrected chi connectivity index (χ0v) is 16.7. The molecule has 0 spiro atoms. The van der Waals surface area contributed by atoms with Gasteiger partial charge < -0.3 is 20.3 Å². The van der Waals surface area contributed by atoms with Gasteiger partial charge in [0.05, 0.1) is 5.39 Å². The minimum Gasteiger partial charge on any atom is -0.435 e. The van der Waals surface area contributed by atoms with Crippen LogP contribution in [0.25, 0.3) is 22.1 Å². The third kappa shape index (κ3) is 3.58. The maximum absolute atomic E-state index is 12.8. The maximum atomic E-state index is 12.8. The standard InChI is InChI=1S/C23H18F2N4O3/c24-22(25)31-16-4-1-3-15(12-16)27-23(30)29-10-9-14-11-13(7-8-18(14)29)17-5-2-6-19-20(17)21(26)28-32-19/h1-8,11-12,22H,9-10H2,(H2,26,28)(H,27,30). The van der Waals surface area contributed by atoms with Crippen molar-refractivity contribution in [2.75, 3.05) is 22.5 Å². The minimum atomic E-state index is -2.93. The Hall–Kier alpha value is -4.14. The van der Waals surface area contributed by atoms with E-state index in [0.29, 0.717) is 30.1 Å². The zero-order chi connectivity index (χ0) is 22.2. The van der Waals surface area contributed by atoms with E-state index in [1.165, 1.54) is 18.2 Å². The summed E-state index contributed by atoms with van der Waals surface area (Å²) in [5.41, 5.74) is 10.6. The number of carbonyl (C=O) groups is 1. The zero-order valence-electron chi connectivity index (χ0n) is 16.7. The summed E-state index contributed by atoms with van der Waals surface area (Å²) in [5.74, 6) is 0.307. The highest BCUT2D eigenvalue weighted by Crippen LogP contribution is 2.37. The predicted octanol–water partition coefficient (Wildman–Crippen LogP) is 5.27. The lowest BCUT2D eigenvalue weighted by Gasteiger charge is -2.19. The monoisotopic (exact) mass is 436 g/mol. The molecule has 1 aliphatic heterocycles. The number of anilines is 3. The fourth-order valence-corrected chi connectivity index (χ4v) is 3.98. The van der Waals surface area contributed by atoms with E-state index in [2.05, 4.69) is 15.2 Å². The van der Waals surface area contributed by atoms with Crippen molar-refractivity contribution in [2.45, 2.75) is 13.0 Å². The van der Waals surface area contributed by atoms with Crippen LogP contribution in [0.1, 0.15) is 5.56 Å². The van der Waals surface area contributed by atoms with Crippen molar-refractivity contribution in [3.63, 3.8) is 0 Å². The van der Waals surface area contributed by atoms with Crippen LogP contribution in [0.2, 0.25) is 0 Å².